The molecule has 1 aliphatic carbocycles. The quantitative estimate of drug-likeness (QED) is 0.368. The smallest absolute Gasteiger partial charge is 0.369 e. The third-order valence-corrected chi connectivity index (χ3v) is 7.71. The lowest BCUT2D eigenvalue weighted by Crippen LogP contribution is -2.50. The molecular formula is C22H22ClF7N2O4S. The molecule has 37 heavy (non-hydrogen) atoms. The number of hydrogen-bond donors (Lipinski definition) is 2. The van der Waals surface area contributed by atoms with Crippen LogP contribution in [0.5, 0.6) is 0 Å². The SMILES string of the molecule is Cc1cc(C(F)(C(F)(F)F)C(F)(F)F)ccc1NC(=O)C1=CC=CC(Cl)(C(C)CS(C)(=O)=O)[C@@H]1C(N)=O. The minimum absolute atomic E-state index is 0.227. The Balaban J connectivity index is 2.44. The summed E-state index contributed by atoms with van der Waals surface area (Å²) in [5.41, 5.74) is -2.92. The van der Waals surface area contributed by atoms with E-state index in [1.807, 2.05) is 0 Å². The standard InChI is InChI=1S/C22H22ClF7N2O4S/c1-11-9-13(20(24,21(25,26)27)22(28,29)30)6-7-15(11)32-18(34)14-5-4-8-19(23,16(14)17(31)33)12(2)10-37(3,35)36/h4-9,12,16H,10H2,1-3H3,(H2,31,33)(H,32,34)/t12?,16-,19?/m0/s1. The average molecular weight is 579 g/mol. The molecule has 0 aromatic heterocycles. The fraction of sp³-hybridized carbons (Fsp3) is 0.455. The molecule has 1 aliphatic rings. The first-order chi connectivity index (χ1) is 16.6. The number of carbonyl (C=O) groups is 2. The number of anilines is 1. The number of nitrogens with one attached hydrogen (secondary N) is 1. The van der Waals surface area contributed by atoms with Crippen LogP contribution < -0.4 is 11.1 Å². The van der Waals surface area contributed by atoms with E-state index in [2.05, 4.69) is 5.32 Å². The topological polar surface area (TPSA) is 106 Å². The molecule has 1 aromatic carbocycles. The first-order valence-corrected chi connectivity index (χ1v) is 12.8. The van der Waals surface area contributed by atoms with Crippen molar-refractivity contribution in [3.63, 3.8) is 0 Å². The van der Waals surface area contributed by atoms with Crippen LogP contribution in [0.15, 0.2) is 42.0 Å². The van der Waals surface area contributed by atoms with E-state index in [0.29, 0.717) is 6.07 Å². The Morgan fingerprint density at radius 2 is 1.68 bits per heavy atom. The van der Waals surface area contributed by atoms with Gasteiger partial charge >= 0.3 is 18.0 Å². The number of benzene rings is 1. The molecule has 0 radical (unpaired) electrons. The number of allylic oxidation sites excluding steroid dienone is 3. The Kier molecular flexibility index (Phi) is 8.22. The van der Waals surface area contributed by atoms with Crippen LogP contribution in [0.3, 0.4) is 0 Å². The van der Waals surface area contributed by atoms with Gasteiger partial charge in [0.25, 0.3) is 5.91 Å². The Morgan fingerprint density at radius 3 is 2.11 bits per heavy atom. The number of nitrogens with two attached hydrogens (primary N) is 1. The van der Waals surface area contributed by atoms with E-state index in [4.69, 9.17) is 17.3 Å². The van der Waals surface area contributed by atoms with Gasteiger partial charge < -0.3 is 11.1 Å². The number of amides is 2. The van der Waals surface area contributed by atoms with Gasteiger partial charge in [0.15, 0.2) is 0 Å². The number of rotatable bonds is 7. The van der Waals surface area contributed by atoms with Gasteiger partial charge in [-0.05, 0) is 24.5 Å². The summed E-state index contributed by atoms with van der Waals surface area (Å²) in [7, 11) is -3.57. The van der Waals surface area contributed by atoms with Crippen molar-refractivity contribution in [2.45, 2.75) is 36.7 Å². The second-order valence-electron chi connectivity index (χ2n) is 8.78. The van der Waals surface area contributed by atoms with Gasteiger partial charge in [-0.3, -0.25) is 9.59 Å². The van der Waals surface area contributed by atoms with Crippen molar-refractivity contribution >= 4 is 38.9 Å². The maximum absolute atomic E-state index is 14.4. The molecule has 0 saturated carbocycles. The summed E-state index contributed by atoms with van der Waals surface area (Å²) in [6.07, 6.45) is -7.96. The van der Waals surface area contributed by atoms with Gasteiger partial charge in [0.2, 0.25) is 5.91 Å². The summed E-state index contributed by atoms with van der Waals surface area (Å²) in [6.45, 7) is 2.45. The van der Waals surface area contributed by atoms with Gasteiger partial charge in [-0.2, -0.15) is 26.3 Å². The Bertz CT molecular complexity index is 1240. The van der Waals surface area contributed by atoms with Gasteiger partial charge in [0.1, 0.15) is 9.84 Å². The zero-order chi connectivity index (χ0) is 28.8. The van der Waals surface area contributed by atoms with E-state index in [-0.39, 0.29) is 29.0 Å². The monoisotopic (exact) mass is 578 g/mol. The molecule has 0 heterocycles. The van der Waals surface area contributed by atoms with Crippen LogP contribution in [0.25, 0.3) is 0 Å². The summed E-state index contributed by atoms with van der Waals surface area (Å²) in [4.78, 5) is 23.5. The first-order valence-electron chi connectivity index (χ1n) is 10.4. The minimum atomic E-state index is -6.32. The van der Waals surface area contributed by atoms with E-state index in [1.54, 1.807) is 0 Å². The summed E-state index contributed by atoms with van der Waals surface area (Å²) in [5.74, 6) is -5.07. The number of carbonyl (C=O) groups excluding carboxylic acids is 2. The third kappa shape index (κ3) is 5.95. The molecule has 3 atom stereocenters. The number of primary amides is 1. The fourth-order valence-corrected chi connectivity index (χ4v) is 5.69. The van der Waals surface area contributed by atoms with Gasteiger partial charge in [0.05, 0.1) is 16.5 Å². The number of aryl methyl sites for hydroxylation is 1. The van der Waals surface area contributed by atoms with Gasteiger partial charge in [-0.15, -0.1) is 11.6 Å². The molecule has 1 aromatic rings. The molecule has 15 heteroatoms. The largest absolute Gasteiger partial charge is 0.435 e. The fourth-order valence-electron chi connectivity index (χ4n) is 4.04. The number of sulfone groups is 1. The first kappa shape index (κ1) is 30.6. The van der Waals surface area contributed by atoms with Crippen LogP contribution in [0.2, 0.25) is 0 Å². The Hall–Kier alpha value is -2.61. The van der Waals surface area contributed by atoms with Crippen LogP contribution in [0.1, 0.15) is 18.1 Å². The highest BCUT2D eigenvalue weighted by molar-refractivity contribution is 7.90. The average Bonchev–Trinajstić information content (AvgIpc) is 2.71. The van der Waals surface area contributed by atoms with E-state index in [1.165, 1.54) is 19.1 Å². The number of halogens is 8. The third-order valence-electron chi connectivity index (χ3n) is 5.89. The molecule has 0 saturated heterocycles. The number of hydrogen-bond acceptors (Lipinski definition) is 4. The second kappa shape index (κ2) is 9.93. The second-order valence-corrected chi connectivity index (χ2v) is 11.6. The lowest BCUT2D eigenvalue weighted by molar-refractivity contribution is -0.348. The highest BCUT2D eigenvalue weighted by Crippen LogP contribution is 2.53. The van der Waals surface area contributed by atoms with Crippen molar-refractivity contribution < 1.29 is 48.7 Å². The molecular weight excluding hydrogens is 557 g/mol. The zero-order valence-electron chi connectivity index (χ0n) is 19.5. The summed E-state index contributed by atoms with van der Waals surface area (Å²) < 4.78 is 116. The van der Waals surface area contributed by atoms with Crippen molar-refractivity contribution in [2.75, 3.05) is 17.3 Å². The van der Waals surface area contributed by atoms with E-state index < -0.39 is 67.7 Å². The van der Waals surface area contributed by atoms with Crippen molar-refractivity contribution in [3.8, 4) is 0 Å². The summed E-state index contributed by atoms with van der Waals surface area (Å²) in [5, 5.41) is 2.24. The number of alkyl halides is 8. The summed E-state index contributed by atoms with van der Waals surface area (Å²) >= 11 is 6.59. The zero-order valence-corrected chi connectivity index (χ0v) is 21.0. The Labute approximate surface area is 212 Å². The normalized spacial score (nSPS) is 21.8. The summed E-state index contributed by atoms with van der Waals surface area (Å²) in [6, 6.07) is 1.16. The van der Waals surface area contributed by atoms with Crippen LogP contribution in [0, 0.1) is 18.8 Å². The molecule has 0 aliphatic heterocycles. The van der Waals surface area contributed by atoms with Crippen LogP contribution in [-0.2, 0) is 25.1 Å². The predicted octanol–water partition coefficient (Wildman–Crippen LogP) is 4.48. The molecule has 2 rings (SSSR count). The van der Waals surface area contributed by atoms with Crippen molar-refractivity contribution in [2.24, 2.45) is 17.6 Å². The predicted molar refractivity (Wildman–Crippen MR) is 122 cm³/mol. The maximum Gasteiger partial charge on any atom is 0.435 e. The van der Waals surface area contributed by atoms with Crippen molar-refractivity contribution in [3.05, 3.63) is 53.1 Å². The van der Waals surface area contributed by atoms with Crippen LogP contribution in [-0.4, -0.2) is 49.5 Å². The van der Waals surface area contributed by atoms with Crippen LogP contribution >= 0.6 is 11.6 Å². The molecule has 3 N–H and O–H groups in total. The molecule has 2 amide bonds. The highest BCUT2D eigenvalue weighted by Gasteiger charge is 2.73. The molecule has 206 valence electrons. The van der Waals surface area contributed by atoms with Crippen molar-refractivity contribution in [1.82, 2.24) is 0 Å². The van der Waals surface area contributed by atoms with E-state index >= 15 is 0 Å². The molecule has 0 bridgehead atoms. The highest BCUT2D eigenvalue weighted by atomic mass is 35.5. The maximum atomic E-state index is 14.4. The van der Waals surface area contributed by atoms with Gasteiger partial charge in [-0.1, -0.05) is 37.3 Å². The van der Waals surface area contributed by atoms with E-state index in [9.17, 15) is 48.7 Å². The molecule has 0 fully saturated rings. The Morgan fingerprint density at radius 1 is 1.14 bits per heavy atom. The lowest BCUT2D eigenvalue weighted by atomic mass is 9.74. The lowest BCUT2D eigenvalue weighted by Gasteiger charge is -2.38. The van der Waals surface area contributed by atoms with Gasteiger partial charge in [-0.25, -0.2) is 12.8 Å². The molecule has 6 nitrogen and oxygen atoms in total. The molecule has 0 spiro atoms. The van der Waals surface area contributed by atoms with E-state index in [0.717, 1.165) is 19.3 Å². The van der Waals surface area contributed by atoms with Gasteiger partial charge in [0, 0.05) is 23.1 Å². The van der Waals surface area contributed by atoms with Crippen LogP contribution in [0.4, 0.5) is 36.4 Å². The minimum Gasteiger partial charge on any atom is -0.369 e. The van der Waals surface area contributed by atoms with Crippen molar-refractivity contribution in [1.29, 1.82) is 0 Å². The molecule has 2 unspecified atom stereocenters.